The number of ether oxygens (including phenoxy) is 1. The van der Waals surface area contributed by atoms with E-state index in [-0.39, 0.29) is 5.76 Å². The van der Waals surface area contributed by atoms with Crippen molar-refractivity contribution in [3.05, 3.63) is 107 Å². The summed E-state index contributed by atoms with van der Waals surface area (Å²) in [7, 11) is 0. The molecule has 2 amide bonds. The fraction of sp³-hybridized carbons (Fsp3) is 0.0417. The van der Waals surface area contributed by atoms with Crippen molar-refractivity contribution in [2.24, 2.45) is 0 Å². The van der Waals surface area contributed by atoms with Crippen molar-refractivity contribution in [1.29, 1.82) is 0 Å². The topological polar surface area (TPSA) is 93.5 Å². The highest BCUT2D eigenvalue weighted by Gasteiger charge is 2.15. The third kappa shape index (κ3) is 5.33. The Kier molecular flexibility index (Phi) is 6.48. The lowest BCUT2D eigenvalue weighted by atomic mass is 10.2. The Hall–Kier alpha value is -4.10. The molecule has 2 N–H and O–H groups in total. The molecular weight excluding hydrogens is 430 g/mol. The average Bonchev–Trinajstić information content (AvgIpc) is 3.36. The van der Waals surface area contributed by atoms with Crippen LogP contribution in [0.1, 0.15) is 26.5 Å². The maximum Gasteiger partial charge on any atom is 0.291 e. The molecule has 0 aliphatic carbocycles. The molecule has 0 radical (unpaired) electrons. The Balaban J connectivity index is 1.47. The predicted molar refractivity (Wildman–Crippen MR) is 121 cm³/mol. The molecule has 0 saturated heterocycles. The van der Waals surface area contributed by atoms with Gasteiger partial charge in [0.05, 0.1) is 17.6 Å². The highest BCUT2D eigenvalue weighted by molar-refractivity contribution is 6.31. The maximum atomic E-state index is 12.8. The number of carbonyl (C=O) groups excluding carboxylic acids is 2. The summed E-state index contributed by atoms with van der Waals surface area (Å²) < 4.78 is 10.8. The first-order valence-electron chi connectivity index (χ1n) is 9.67. The van der Waals surface area contributed by atoms with Crippen LogP contribution in [0.25, 0.3) is 0 Å². The van der Waals surface area contributed by atoms with Crippen LogP contribution < -0.4 is 15.4 Å². The molecule has 32 heavy (non-hydrogen) atoms. The minimum Gasteiger partial charge on any atom is -0.473 e. The van der Waals surface area contributed by atoms with Crippen LogP contribution in [0, 0.1) is 0 Å². The fourth-order valence-electron chi connectivity index (χ4n) is 2.88. The summed E-state index contributed by atoms with van der Waals surface area (Å²) in [5.41, 5.74) is 2.05. The summed E-state index contributed by atoms with van der Waals surface area (Å²) in [6, 6.07) is 20.7. The second-order valence-corrected chi connectivity index (χ2v) is 7.17. The molecule has 0 atom stereocenters. The number of hydrogen-bond donors (Lipinski definition) is 2. The average molecular weight is 448 g/mol. The fourth-order valence-corrected chi connectivity index (χ4v) is 3.05. The van der Waals surface area contributed by atoms with Crippen molar-refractivity contribution in [2.45, 2.75) is 6.61 Å². The van der Waals surface area contributed by atoms with Gasteiger partial charge in [-0.2, -0.15) is 0 Å². The summed E-state index contributed by atoms with van der Waals surface area (Å²) in [5.74, 6) is -0.401. The third-order valence-corrected chi connectivity index (χ3v) is 4.68. The van der Waals surface area contributed by atoms with Gasteiger partial charge in [0.15, 0.2) is 5.76 Å². The number of halogens is 1. The zero-order chi connectivity index (χ0) is 22.3. The van der Waals surface area contributed by atoms with Gasteiger partial charge in [0.25, 0.3) is 11.8 Å². The van der Waals surface area contributed by atoms with E-state index >= 15 is 0 Å². The molecule has 0 spiro atoms. The molecule has 2 heterocycles. The lowest BCUT2D eigenvalue weighted by Crippen LogP contribution is -2.16. The molecule has 0 bridgehead atoms. The highest BCUT2D eigenvalue weighted by Crippen LogP contribution is 2.27. The van der Waals surface area contributed by atoms with E-state index < -0.39 is 11.8 Å². The minimum absolute atomic E-state index is 0.136. The molecule has 8 heteroatoms. The van der Waals surface area contributed by atoms with E-state index in [0.29, 0.717) is 34.4 Å². The van der Waals surface area contributed by atoms with E-state index in [1.165, 1.54) is 18.5 Å². The van der Waals surface area contributed by atoms with Crippen molar-refractivity contribution >= 4 is 34.8 Å². The molecule has 0 unspecified atom stereocenters. The van der Waals surface area contributed by atoms with Gasteiger partial charge < -0.3 is 19.8 Å². The van der Waals surface area contributed by atoms with E-state index in [9.17, 15) is 9.59 Å². The van der Waals surface area contributed by atoms with Gasteiger partial charge in [0.2, 0.25) is 5.88 Å². The molecule has 0 saturated carbocycles. The lowest BCUT2D eigenvalue weighted by molar-refractivity contribution is 0.0993. The van der Waals surface area contributed by atoms with Crippen LogP contribution in [0.3, 0.4) is 0 Å². The van der Waals surface area contributed by atoms with Gasteiger partial charge in [-0.1, -0.05) is 41.9 Å². The largest absolute Gasteiger partial charge is 0.473 e. The number of furan rings is 1. The van der Waals surface area contributed by atoms with Crippen LogP contribution in [0.15, 0.2) is 89.7 Å². The Bertz CT molecular complexity index is 1230. The second-order valence-electron chi connectivity index (χ2n) is 6.73. The van der Waals surface area contributed by atoms with E-state index in [2.05, 4.69) is 15.6 Å². The first kappa shape index (κ1) is 21.1. The van der Waals surface area contributed by atoms with E-state index in [1.54, 1.807) is 36.4 Å². The van der Waals surface area contributed by atoms with Crippen LogP contribution in [0.2, 0.25) is 5.02 Å². The zero-order valence-corrected chi connectivity index (χ0v) is 17.5. The molecule has 2 aromatic heterocycles. The Morgan fingerprint density at radius 1 is 0.906 bits per heavy atom. The van der Waals surface area contributed by atoms with Gasteiger partial charge in [-0.15, -0.1) is 0 Å². The molecule has 4 aromatic rings. The molecule has 0 aliphatic rings. The summed E-state index contributed by atoms with van der Waals surface area (Å²) in [4.78, 5) is 29.3. The minimum atomic E-state index is -0.465. The van der Waals surface area contributed by atoms with Crippen LogP contribution in [-0.4, -0.2) is 16.8 Å². The first-order valence-corrected chi connectivity index (χ1v) is 10.0. The molecule has 2 aromatic carbocycles. The van der Waals surface area contributed by atoms with Crippen LogP contribution in [0.4, 0.5) is 11.4 Å². The standard InChI is InChI=1S/C24H18ClN3O4/c25-18-8-9-19(20(14-18)28-24(30)21-7-4-12-31-21)27-23(29)17-10-11-26-22(13-17)32-15-16-5-2-1-3-6-16/h1-14H,15H2,(H,27,29)(H,28,30). The van der Waals surface area contributed by atoms with Crippen molar-refractivity contribution in [1.82, 2.24) is 4.98 Å². The molecule has 4 rings (SSSR count). The molecule has 160 valence electrons. The van der Waals surface area contributed by atoms with Gasteiger partial charge in [0.1, 0.15) is 6.61 Å². The van der Waals surface area contributed by atoms with Crippen LogP contribution >= 0.6 is 11.6 Å². The van der Waals surface area contributed by atoms with Gasteiger partial charge >= 0.3 is 0 Å². The number of rotatable bonds is 7. The highest BCUT2D eigenvalue weighted by atomic mass is 35.5. The van der Waals surface area contributed by atoms with Gasteiger partial charge in [-0.3, -0.25) is 9.59 Å². The predicted octanol–water partition coefficient (Wildman–Crippen LogP) is 5.41. The number of carbonyl (C=O) groups is 2. The van der Waals surface area contributed by atoms with Crippen molar-refractivity contribution in [3.8, 4) is 5.88 Å². The van der Waals surface area contributed by atoms with Crippen LogP contribution in [-0.2, 0) is 6.61 Å². The van der Waals surface area contributed by atoms with Gasteiger partial charge in [0, 0.05) is 22.8 Å². The van der Waals surface area contributed by atoms with E-state index in [1.807, 2.05) is 30.3 Å². The third-order valence-electron chi connectivity index (χ3n) is 4.45. The summed E-state index contributed by atoms with van der Waals surface area (Å²) in [6.45, 7) is 0.332. The number of nitrogens with zero attached hydrogens (tertiary/aromatic N) is 1. The second kappa shape index (κ2) is 9.80. The lowest BCUT2D eigenvalue weighted by Gasteiger charge is -2.13. The van der Waals surface area contributed by atoms with Crippen molar-refractivity contribution < 1.29 is 18.7 Å². The number of pyridine rings is 1. The van der Waals surface area contributed by atoms with Gasteiger partial charge in [-0.05, 0) is 42.0 Å². The molecule has 0 aliphatic heterocycles. The van der Waals surface area contributed by atoms with Crippen LogP contribution in [0.5, 0.6) is 5.88 Å². The normalized spacial score (nSPS) is 10.4. The maximum absolute atomic E-state index is 12.8. The van der Waals surface area contributed by atoms with Gasteiger partial charge in [-0.25, -0.2) is 4.98 Å². The molecule has 0 fully saturated rings. The smallest absolute Gasteiger partial charge is 0.291 e. The SMILES string of the molecule is O=C(Nc1ccc(Cl)cc1NC(=O)c1ccco1)c1ccnc(OCc2ccccc2)c1. The quantitative estimate of drug-likeness (QED) is 0.395. The number of anilines is 2. The zero-order valence-electron chi connectivity index (χ0n) is 16.7. The number of nitrogens with one attached hydrogen (secondary N) is 2. The molecular formula is C24H18ClN3O4. The first-order chi connectivity index (χ1) is 15.6. The number of benzene rings is 2. The summed E-state index contributed by atoms with van der Waals surface area (Å²) in [6.07, 6.45) is 2.90. The van der Waals surface area contributed by atoms with E-state index in [0.717, 1.165) is 5.56 Å². The number of aromatic nitrogens is 1. The van der Waals surface area contributed by atoms with E-state index in [4.69, 9.17) is 20.8 Å². The Morgan fingerprint density at radius 2 is 1.72 bits per heavy atom. The Morgan fingerprint density at radius 3 is 2.50 bits per heavy atom. The Labute approximate surface area is 189 Å². The summed E-state index contributed by atoms with van der Waals surface area (Å²) in [5, 5.41) is 5.87. The summed E-state index contributed by atoms with van der Waals surface area (Å²) >= 11 is 6.07. The monoisotopic (exact) mass is 447 g/mol. The molecule has 7 nitrogen and oxygen atoms in total. The number of hydrogen-bond acceptors (Lipinski definition) is 5. The van der Waals surface area contributed by atoms with Crippen molar-refractivity contribution in [3.63, 3.8) is 0 Å². The van der Waals surface area contributed by atoms with Crippen molar-refractivity contribution in [2.75, 3.05) is 10.6 Å². The number of amides is 2.